The monoisotopic (exact) mass is 491 g/mol. The van der Waals surface area contributed by atoms with Crippen LogP contribution in [0, 0.1) is 27.9 Å². The van der Waals surface area contributed by atoms with Crippen LogP contribution >= 0.6 is 0 Å². The minimum absolute atomic E-state index is 0.00312. The number of hydrogen-bond acceptors (Lipinski definition) is 7. The highest BCUT2D eigenvalue weighted by molar-refractivity contribution is 6.10. The lowest BCUT2D eigenvalue weighted by molar-refractivity contribution is -0.384. The van der Waals surface area contributed by atoms with E-state index in [1.54, 1.807) is 12.1 Å². The fraction of sp³-hybridized carbons (Fsp3) is 0.308. The molecule has 4 rings (SSSR count). The van der Waals surface area contributed by atoms with E-state index in [2.05, 4.69) is 0 Å². The topological polar surface area (TPSA) is 127 Å². The summed E-state index contributed by atoms with van der Waals surface area (Å²) in [6, 6.07) is 9.81. The van der Waals surface area contributed by atoms with Gasteiger partial charge in [0.25, 0.3) is 23.4 Å². The van der Waals surface area contributed by atoms with Crippen LogP contribution in [0.3, 0.4) is 0 Å². The number of hydrogen-bond donors (Lipinski definition) is 0. The number of nitrogens with zero attached hydrogens (tertiary/aromatic N) is 3. The van der Waals surface area contributed by atoms with E-state index in [0.717, 1.165) is 22.2 Å². The Morgan fingerprint density at radius 2 is 1.67 bits per heavy atom. The summed E-state index contributed by atoms with van der Waals surface area (Å²) in [5.74, 6) is -3.33. The van der Waals surface area contributed by atoms with E-state index in [0.29, 0.717) is 12.2 Å². The number of fused-ring (bicyclic) bond motifs is 1. The Kier molecular flexibility index (Phi) is 6.69. The van der Waals surface area contributed by atoms with Crippen LogP contribution in [0.15, 0.2) is 60.7 Å². The Morgan fingerprint density at radius 3 is 2.22 bits per heavy atom. The van der Waals surface area contributed by atoms with Gasteiger partial charge in [-0.05, 0) is 55.7 Å². The van der Waals surface area contributed by atoms with E-state index >= 15 is 0 Å². The predicted molar refractivity (Wildman–Crippen MR) is 128 cm³/mol. The first kappa shape index (κ1) is 24.8. The maximum Gasteiger partial charge on any atom is 0.273 e. The van der Waals surface area contributed by atoms with Crippen molar-refractivity contribution < 1.29 is 28.8 Å². The van der Waals surface area contributed by atoms with Crippen LogP contribution in [0.1, 0.15) is 41.0 Å². The fourth-order valence-corrected chi connectivity index (χ4v) is 4.75. The smallest absolute Gasteiger partial charge is 0.273 e. The number of imide groups is 1. The molecule has 1 fully saturated rings. The van der Waals surface area contributed by atoms with Gasteiger partial charge in [-0.15, -0.1) is 0 Å². The van der Waals surface area contributed by atoms with Crippen molar-refractivity contribution in [3.05, 3.63) is 81.9 Å². The highest BCUT2D eigenvalue weighted by atomic mass is 16.6. The molecule has 0 unspecified atom stereocenters. The number of carbonyl (C=O) groups excluding carboxylic acids is 4. The lowest BCUT2D eigenvalue weighted by Gasteiger charge is -2.34. The molecule has 1 aliphatic heterocycles. The Hall–Kier alpha value is -4.34. The Labute approximate surface area is 207 Å². The van der Waals surface area contributed by atoms with Gasteiger partial charge in [0.1, 0.15) is 11.8 Å². The van der Waals surface area contributed by atoms with Crippen molar-refractivity contribution in [2.24, 2.45) is 17.8 Å². The van der Waals surface area contributed by atoms with Gasteiger partial charge in [-0.1, -0.05) is 19.1 Å². The van der Waals surface area contributed by atoms with E-state index in [1.165, 1.54) is 38.3 Å². The molecular formula is C26H25N3O7. The highest BCUT2D eigenvalue weighted by Crippen LogP contribution is 2.40. The second-order valence-corrected chi connectivity index (χ2v) is 8.87. The fourth-order valence-electron chi connectivity index (χ4n) is 4.75. The van der Waals surface area contributed by atoms with Crippen LogP contribution in [-0.2, 0) is 9.59 Å². The summed E-state index contributed by atoms with van der Waals surface area (Å²) in [4.78, 5) is 64.5. The number of benzene rings is 2. The largest absolute Gasteiger partial charge is 0.497 e. The molecule has 2 aromatic rings. The lowest BCUT2D eigenvalue weighted by atomic mass is 9.78. The van der Waals surface area contributed by atoms with Crippen molar-refractivity contribution in [1.82, 2.24) is 10.0 Å². The number of allylic oxidation sites excluding steroid dienone is 2. The average Bonchev–Trinajstić information content (AvgIpc) is 3.14. The standard InChI is InChI=1S/C26H25N3O7/c1-15-5-4-6-21-22(15)26(33)28(25(21)32)27(24(31)18-7-11-19(12-8-18)29(34)35)16(2)23(30)17-9-13-20(36-3)14-10-17/h4-5,7-16,21-22H,6H2,1-3H3/t15-,16+,21-,22+/m1/s1. The average molecular weight is 492 g/mol. The van der Waals surface area contributed by atoms with Crippen molar-refractivity contribution in [3.63, 3.8) is 0 Å². The number of rotatable bonds is 7. The minimum atomic E-state index is -1.22. The third-order valence-electron chi connectivity index (χ3n) is 6.72. The molecular weight excluding hydrogens is 466 g/mol. The van der Waals surface area contributed by atoms with Crippen LogP contribution < -0.4 is 4.74 Å². The maximum atomic E-state index is 13.7. The number of methoxy groups -OCH3 is 1. The van der Waals surface area contributed by atoms with Gasteiger partial charge < -0.3 is 4.74 Å². The van der Waals surface area contributed by atoms with E-state index in [1.807, 2.05) is 19.1 Å². The lowest BCUT2D eigenvalue weighted by Crippen LogP contribution is -2.56. The normalized spacial score (nSPS) is 21.6. The van der Waals surface area contributed by atoms with Gasteiger partial charge >= 0.3 is 0 Å². The van der Waals surface area contributed by atoms with Crippen LogP contribution in [-0.4, -0.2) is 51.6 Å². The summed E-state index contributed by atoms with van der Waals surface area (Å²) in [5.41, 5.74) is 0.0349. The summed E-state index contributed by atoms with van der Waals surface area (Å²) in [6.07, 6.45) is 4.07. The Bertz CT molecular complexity index is 1250. The second-order valence-electron chi connectivity index (χ2n) is 8.87. The molecule has 36 heavy (non-hydrogen) atoms. The molecule has 1 saturated heterocycles. The molecule has 0 spiro atoms. The molecule has 0 aromatic heterocycles. The van der Waals surface area contributed by atoms with Crippen molar-refractivity contribution in [2.45, 2.75) is 26.3 Å². The summed E-state index contributed by atoms with van der Waals surface area (Å²) in [6.45, 7) is 3.27. The van der Waals surface area contributed by atoms with E-state index < -0.39 is 46.3 Å². The first-order chi connectivity index (χ1) is 17.1. The first-order valence-electron chi connectivity index (χ1n) is 11.5. The molecule has 0 saturated carbocycles. The molecule has 1 aliphatic carbocycles. The molecule has 186 valence electrons. The molecule has 0 N–H and O–H groups in total. The summed E-state index contributed by atoms with van der Waals surface area (Å²) < 4.78 is 5.13. The minimum Gasteiger partial charge on any atom is -0.497 e. The Balaban J connectivity index is 1.74. The summed E-state index contributed by atoms with van der Waals surface area (Å²) in [5, 5.41) is 12.7. The van der Waals surface area contributed by atoms with Gasteiger partial charge in [-0.2, -0.15) is 5.01 Å². The van der Waals surface area contributed by atoms with Crippen molar-refractivity contribution in [2.75, 3.05) is 7.11 Å². The zero-order valence-corrected chi connectivity index (χ0v) is 20.0. The number of Topliss-reactive ketones (excluding diaryl/α,β-unsaturated/α-hetero) is 1. The third-order valence-corrected chi connectivity index (χ3v) is 6.72. The van der Waals surface area contributed by atoms with Gasteiger partial charge in [0.15, 0.2) is 5.78 Å². The molecule has 10 heteroatoms. The van der Waals surface area contributed by atoms with E-state index in [-0.39, 0.29) is 22.7 Å². The Morgan fingerprint density at radius 1 is 1.06 bits per heavy atom. The predicted octanol–water partition coefficient (Wildman–Crippen LogP) is 3.43. The quantitative estimate of drug-likeness (QED) is 0.191. The molecule has 10 nitrogen and oxygen atoms in total. The third kappa shape index (κ3) is 4.26. The molecule has 0 radical (unpaired) electrons. The number of nitro benzene ring substituents is 1. The van der Waals surface area contributed by atoms with Gasteiger partial charge in [0, 0.05) is 23.3 Å². The zero-order valence-electron chi connectivity index (χ0n) is 20.0. The number of ketones is 1. The van der Waals surface area contributed by atoms with Gasteiger partial charge in [0.2, 0.25) is 0 Å². The highest BCUT2D eigenvalue weighted by Gasteiger charge is 2.54. The molecule has 3 amide bonds. The van der Waals surface area contributed by atoms with Crippen LogP contribution in [0.2, 0.25) is 0 Å². The summed E-state index contributed by atoms with van der Waals surface area (Å²) in [7, 11) is 1.49. The van der Waals surface area contributed by atoms with Crippen molar-refractivity contribution in [1.29, 1.82) is 0 Å². The maximum absolute atomic E-state index is 13.7. The second kappa shape index (κ2) is 9.73. The molecule has 1 heterocycles. The number of nitro groups is 1. The summed E-state index contributed by atoms with van der Waals surface area (Å²) >= 11 is 0. The van der Waals surface area contributed by atoms with Gasteiger partial charge in [-0.3, -0.25) is 29.3 Å². The van der Waals surface area contributed by atoms with Gasteiger partial charge in [-0.25, -0.2) is 5.01 Å². The molecule has 0 bridgehead atoms. The van der Waals surface area contributed by atoms with Crippen molar-refractivity contribution >= 4 is 29.2 Å². The first-order valence-corrected chi connectivity index (χ1v) is 11.5. The number of non-ortho nitro benzene ring substituents is 1. The van der Waals surface area contributed by atoms with Crippen LogP contribution in [0.4, 0.5) is 5.69 Å². The number of ether oxygens (including phenoxy) is 1. The number of carbonyl (C=O) groups is 4. The van der Waals surface area contributed by atoms with E-state index in [4.69, 9.17) is 4.74 Å². The van der Waals surface area contributed by atoms with E-state index in [9.17, 15) is 29.3 Å². The number of hydrazine groups is 1. The van der Waals surface area contributed by atoms with Crippen molar-refractivity contribution in [3.8, 4) is 5.75 Å². The van der Waals surface area contributed by atoms with Crippen LogP contribution in [0.5, 0.6) is 5.75 Å². The molecule has 2 aromatic carbocycles. The molecule has 2 aliphatic rings. The zero-order chi connectivity index (χ0) is 26.1. The SMILES string of the molecule is COc1ccc(C(=O)[C@H](C)N(C(=O)c2ccc([N+](=O)[O-])cc2)N2C(=O)[C@H]3[C@H](C)C=CC[C@H]3C2=O)cc1. The van der Waals surface area contributed by atoms with Gasteiger partial charge in [0.05, 0.1) is 23.9 Å². The van der Waals surface area contributed by atoms with Crippen LogP contribution in [0.25, 0.3) is 0 Å². The molecule has 4 atom stereocenters. The number of amides is 3.